The molecule has 0 heterocycles. The number of nitrogens with zero attached hydrogens (tertiary/aromatic N) is 1. The zero-order chi connectivity index (χ0) is 12.5. The summed E-state index contributed by atoms with van der Waals surface area (Å²) in [7, 11) is 1.64. The first-order valence-electron chi connectivity index (χ1n) is 5.74. The number of ether oxygens (including phenoxy) is 2. The van der Waals surface area contributed by atoms with E-state index in [1.165, 1.54) is 0 Å². The van der Waals surface area contributed by atoms with Gasteiger partial charge in [0.1, 0.15) is 11.9 Å². The van der Waals surface area contributed by atoms with Gasteiger partial charge in [0.05, 0.1) is 13.2 Å². The highest BCUT2D eigenvalue weighted by molar-refractivity contribution is 5.86. The highest BCUT2D eigenvalue weighted by Crippen LogP contribution is 2.17. The fraction of sp³-hybridized carbons (Fsp3) is 0.462. The standard InChI is InChI=1S/C13H20N2O2/c1-3-17-12(11-7-5-4-6-8-11)13(14)15-9-10-16-2/h4-8,12H,3,9-10H2,1-2H3,(H2,14,15). The molecule has 94 valence electrons. The Morgan fingerprint density at radius 1 is 1.35 bits per heavy atom. The van der Waals surface area contributed by atoms with Gasteiger partial charge in [-0.25, -0.2) is 0 Å². The molecule has 0 bridgehead atoms. The number of benzene rings is 1. The summed E-state index contributed by atoms with van der Waals surface area (Å²) in [5, 5.41) is 0. The average Bonchev–Trinajstić information content (AvgIpc) is 2.37. The largest absolute Gasteiger partial charge is 0.385 e. The van der Waals surface area contributed by atoms with Crippen molar-refractivity contribution >= 4 is 5.84 Å². The Balaban J connectivity index is 2.75. The molecule has 4 heteroatoms. The molecular weight excluding hydrogens is 216 g/mol. The van der Waals surface area contributed by atoms with E-state index in [0.717, 1.165) is 5.56 Å². The van der Waals surface area contributed by atoms with Gasteiger partial charge in [-0.05, 0) is 12.5 Å². The molecule has 1 aromatic rings. The van der Waals surface area contributed by atoms with E-state index in [2.05, 4.69) is 4.99 Å². The van der Waals surface area contributed by atoms with Gasteiger partial charge in [-0.15, -0.1) is 0 Å². The molecule has 0 fully saturated rings. The lowest BCUT2D eigenvalue weighted by Crippen LogP contribution is -2.25. The van der Waals surface area contributed by atoms with Crippen molar-refractivity contribution in [3.8, 4) is 0 Å². The normalized spacial score (nSPS) is 13.6. The second-order valence-corrected chi connectivity index (χ2v) is 3.55. The van der Waals surface area contributed by atoms with Crippen molar-refractivity contribution in [2.45, 2.75) is 13.0 Å². The van der Waals surface area contributed by atoms with Crippen LogP contribution in [0.4, 0.5) is 0 Å². The maximum Gasteiger partial charge on any atom is 0.139 e. The summed E-state index contributed by atoms with van der Waals surface area (Å²) in [6, 6.07) is 9.86. The molecule has 0 aliphatic heterocycles. The van der Waals surface area contributed by atoms with Crippen molar-refractivity contribution in [3.05, 3.63) is 35.9 Å². The van der Waals surface area contributed by atoms with Crippen molar-refractivity contribution in [2.24, 2.45) is 10.7 Å². The van der Waals surface area contributed by atoms with Crippen LogP contribution in [-0.4, -0.2) is 32.7 Å². The summed E-state index contributed by atoms with van der Waals surface area (Å²) < 4.78 is 10.6. The van der Waals surface area contributed by atoms with Crippen molar-refractivity contribution in [1.82, 2.24) is 0 Å². The zero-order valence-electron chi connectivity index (χ0n) is 10.4. The first-order valence-corrected chi connectivity index (χ1v) is 5.74. The number of nitrogens with two attached hydrogens (primary N) is 1. The van der Waals surface area contributed by atoms with E-state index in [1.807, 2.05) is 37.3 Å². The van der Waals surface area contributed by atoms with Crippen LogP contribution in [0.3, 0.4) is 0 Å². The lowest BCUT2D eigenvalue weighted by molar-refractivity contribution is 0.109. The first-order chi connectivity index (χ1) is 8.29. The summed E-state index contributed by atoms with van der Waals surface area (Å²) in [4.78, 5) is 4.25. The van der Waals surface area contributed by atoms with E-state index in [9.17, 15) is 0 Å². The van der Waals surface area contributed by atoms with Crippen LogP contribution < -0.4 is 5.73 Å². The number of hydrogen-bond acceptors (Lipinski definition) is 3. The molecule has 17 heavy (non-hydrogen) atoms. The quantitative estimate of drug-likeness (QED) is 0.446. The minimum Gasteiger partial charge on any atom is -0.385 e. The number of amidine groups is 1. The Morgan fingerprint density at radius 3 is 2.65 bits per heavy atom. The topological polar surface area (TPSA) is 56.8 Å². The fourth-order valence-electron chi connectivity index (χ4n) is 1.50. The van der Waals surface area contributed by atoms with E-state index in [4.69, 9.17) is 15.2 Å². The molecule has 0 spiro atoms. The Morgan fingerprint density at radius 2 is 2.06 bits per heavy atom. The van der Waals surface area contributed by atoms with Crippen LogP contribution in [0.2, 0.25) is 0 Å². The number of rotatable bonds is 7. The third-order valence-electron chi connectivity index (χ3n) is 2.29. The Bertz CT molecular complexity index is 339. The third-order valence-corrected chi connectivity index (χ3v) is 2.29. The molecule has 1 rings (SSSR count). The van der Waals surface area contributed by atoms with Crippen LogP contribution in [0.5, 0.6) is 0 Å². The fourth-order valence-corrected chi connectivity index (χ4v) is 1.50. The predicted molar refractivity (Wildman–Crippen MR) is 69.2 cm³/mol. The Hall–Kier alpha value is -1.39. The van der Waals surface area contributed by atoms with E-state index in [0.29, 0.717) is 25.6 Å². The molecule has 0 amide bonds. The second kappa shape index (κ2) is 7.81. The average molecular weight is 236 g/mol. The minimum atomic E-state index is -0.266. The Kier molecular flexibility index (Phi) is 6.29. The molecule has 0 aliphatic carbocycles. The van der Waals surface area contributed by atoms with Gasteiger partial charge in [0, 0.05) is 13.7 Å². The van der Waals surface area contributed by atoms with Crippen molar-refractivity contribution < 1.29 is 9.47 Å². The maximum absolute atomic E-state index is 5.95. The molecule has 1 atom stereocenters. The van der Waals surface area contributed by atoms with E-state index >= 15 is 0 Å². The summed E-state index contributed by atoms with van der Waals surface area (Å²) in [6.45, 7) is 3.66. The van der Waals surface area contributed by atoms with Crippen LogP contribution in [0.1, 0.15) is 18.6 Å². The van der Waals surface area contributed by atoms with Gasteiger partial charge in [0.15, 0.2) is 0 Å². The van der Waals surface area contributed by atoms with Gasteiger partial charge >= 0.3 is 0 Å². The van der Waals surface area contributed by atoms with Crippen molar-refractivity contribution in [3.63, 3.8) is 0 Å². The summed E-state index contributed by atoms with van der Waals surface area (Å²) >= 11 is 0. The molecule has 0 aliphatic rings. The van der Waals surface area contributed by atoms with E-state index in [1.54, 1.807) is 7.11 Å². The molecule has 1 unspecified atom stereocenters. The lowest BCUT2D eigenvalue weighted by atomic mass is 10.1. The Labute approximate surface area is 102 Å². The molecule has 2 N–H and O–H groups in total. The van der Waals surface area contributed by atoms with Crippen LogP contribution in [-0.2, 0) is 9.47 Å². The monoisotopic (exact) mass is 236 g/mol. The van der Waals surface area contributed by atoms with Crippen molar-refractivity contribution in [1.29, 1.82) is 0 Å². The van der Waals surface area contributed by atoms with Crippen LogP contribution in [0.15, 0.2) is 35.3 Å². The number of methoxy groups -OCH3 is 1. The van der Waals surface area contributed by atoms with E-state index < -0.39 is 0 Å². The zero-order valence-corrected chi connectivity index (χ0v) is 10.4. The smallest absolute Gasteiger partial charge is 0.139 e. The van der Waals surface area contributed by atoms with Gasteiger partial charge in [-0.2, -0.15) is 0 Å². The maximum atomic E-state index is 5.95. The van der Waals surface area contributed by atoms with E-state index in [-0.39, 0.29) is 6.10 Å². The van der Waals surface area contributed by atoms with Crippen LogP contribution in [0.25, 0.3) is 0 Å². The van der Waals surface area contributed by atoms with Crippen molar-refractivity contribution in [2.75, 3.05) is 26.9 Å². The lowest BCUT2D eigenvalue weighted by Gasteiger charge is -2.17. The van der Waals surface area contributed by atoms with Gasteiger partial charge in [-0.1, -0.05) is 30.3 Å². The molecule has 0 saturated carbocycles. The van der Waals surface area contributed by atoms with Gasteiger partial charge in [-0.3, -0.25) is 4.99 Å². The van der Waals surface area contributed by atoms with Gasteiger partial charge in [0.2, 0.25) is 0 Å². The minimum absolute atomic E-state index is 0.266. The predicted octanol–water partition coefficient (Wildman–Crippen LogP) is 1.77. The SMILES string of the molecule is CCOC(C(N)=NCCOC)c1ccccc1. The first kappa shape index (κ1) is 13.7. The number of aliphatic imine (C=N–C) groups is 1. The molecule has 4 nitrogen and oxygen atoms in total. The highest BCUT2D eigenvalue weighted by atomic mass is 16.5. The van der Waals surface area contributed by atoms with Crippen LogP contribution >= 0.6 is 0 Å². The third kappa shape index (κ3) is 4.54. The van der Waals surface area contributed by atoms with Gasteiger partial charge in [0.25, 0.3) is 0 Å². The second-order valence-electron chi connectivity index (χ2n) is 3.55. The molecule has 0 radical (unpaired) electrons. The molecule has 1 aromatic carbocycles. The highest BCUT2D eigenvalue weighted by Gasteiger charge is 2.15. The molecule has 0 aromatic heterocycles. The summed E-state index contributed by atoms with van der Waals surface area (Å²) in [5.74, 6) is 0.495. The summed E-state index contributed by atoms with van der Waals surface area (Å²) in [5.41, 5.74) is 6.97. The van der Waals surface area contributed by atoms with Gasteiger partial charge < -0.3 is 15.2 Å². The van der Waals surface area contributed by atoms with Crippen LogP contribution in [0, 0.1) is 0 Å². The summed E-state index contributed by atoms with van der Waals surface area (Å²) in [6.07, 6.45) is -0.266. The molecular formula is C13H20N2O2. The molecule has 0 saturated heterocycles. The number of hydrogen-bond donors (Lipinski definition) is 1.